The van der Waals surface area contributed by atoms with Crippen LogP contribution >= 0.6 is 11.3 Å². The minimum absolute atomic E-state index is 0.0706. The highest BCUT2D eigenvalue weighted by atomic mass is 32.1. The number of aromatic nitrogens is 1. The van der Waals surface area contributed by atoms with Crippen molar-refractivity contribution in [2.24, 2.45) is 0 Å². The maximum atomic E-state index is 12.4. The van der Waals surface area contributed by atoms with Gasteiger partial charge in [0.15, 0.2) is 5.01 Å². The van der Waals surface area contributed by atoms with Crippen molar-refractivity contribution < 1.29 is 9.90 Å². The number of ketones is 1. The quantitative estimate of drug-likeness (QED) is 0.724. The average molecular weight is 269 g/mol. The van der Waals surface area contributed by atoms with Gasteiger partial charge in [0.25, 0.3) is 0 Å². The lowest BCUT2D eigenvalue weighted by atomic mass is 10.1. The molecule has 0 bridgehead atoms. The van der Waals surface area contributed by atoms with E-state index in [1.54, 1.807) is 24.3 Å². The van der Waals surface area contributed by atoms with E-state index in [1.165, 1.54) is 11.3 Å². The molecular weight excluding hydrogens is 258 g/mol. The van der Waals surface area contributed by atoms with E-state index in [-0.39, 0.29) is 11.5 Å². The van der Waals surface area contributed by atoms with Gasteiger partial charge >= 0.3 is 0 Å². The fourth-order valence-corrected chi connectivity index (χ4v) is 2.91. The monoisotopic (exact) mass is 269 g/mol. The van der Waals surface area contributed by atoms with Crippen LogP contribution in [0.15, 0.2) is 42.5 Å². The number of aryl methyl sites for hydroxylation is 1. The summed E-state index contributed by atoms with van der Waals surface area (Å²) >= 11 is 1.30. The Bertz CT molecular complexity index is 777. The van der Waals surface area contributed by atoms with Crippen LogP contribution in [0.2, 0.25) is 0 Å². The number of phenolic OH excluding ortho intramolecular Hbond substituents is 1. The van der Waals surface area contributed by atoms with E-state index in [0.29, 0.717) is 10.6 Å². The third-order valence-corrected chi connectivity index (χ3v) is 3.97. The van der Waals surface area contributed by atoms with Gasteiger partial charge in [-0.2, -0.15) is 0 Å². The van der Waals surface area contributed by atoms with Gasteiger partial charge < -0.3 is 5.11 Å². The number of phenols is 1. The van der Waals surface area contributed by atoms with Crippen LogP contribution in [0.5, 0.6) is 5.75 Å². The van der Waals surface area contributed by atoms with Gasteiger partial charge in [0.2, 0.25) is 5.78 Å². The third-order valence-electron chi connectivity index (χ3n) is 2.96. The van der Waals surface area contributed by atoms with Crippen LogP contribution in [0.4, 0.5) is 0 Å². The van der Waals surface area contributed by atoms with Crippen molar-refractivity contribution in [3.8, 4) is 5.75 Å². The Morgan fingerprint density at radius 3 is 2.79 bits per heavy atom. The zero-order chi connectivity index (χ0) is 13.4. The predicted octanol–water partition coefficient (Wildman–Crippen LogP) is 3.54. The molecule has 0 atom stereocenters. The summed E-state index contributed by atoms with van der Waals surface area (Å²) in [6.45, 7) is 1.91. The molecule has 4 heteroatoms. The van der Waals surface area contributed by atoms with Crippen LogP contribution in [0, 0.1) is 6.92 Å². The number of thiazole rings is 1. The molecule has 3 nitrogen and oxygen atoms in total. The van der Waals surface area contributed by atoms with Gasteiger partial charge in [-0.1, -0.05) is 24.3 Å². The Morgan fingerprint density at radius 2 is 2.00 bits per heavy atom. The number of hydrogen-bond acceptors (Lipinski definition) is 4. The van der Waals surface area contributed by atoms with E-state index < -0.39 is 0 Å². The lowest BCUT2D eigenvalue weighted by molar-refractivity contribution is 0.103. The second-order valence-electron chi connectivity index (χ2n) is 4.32. The van der Waals surface area contributed by atoms with Gasteiger partial charge in [0, 0.05) is 5.56 Å². The van der Waals surface area contributed by atoms with Gasteiger partial charge in [0.1, 0.15) is 5.75 Å². The van der Waals surface area contributed by atoms with Crippen LogP contribution in [0.25, 0.3) is 10.2 Å². The van der Waals surface area contributed by atoms with Crippen molar-refractivity contribution in [3.63, 3.8) is 0 Å². The van der Waals surface area contributed by atoms with Gasteiger partial charge in [-0.3, -0.25) is 4.79 Å². The molecule has 0 amide bonds. The summed E-state index contributed by atoms with van der Waals surface area (Å²) in [5.74, 6) is 0.116. The largest absolute Gasteiger partial charge is 0.508 e. The molecule has 1 N–H and O–H groups in total. The summed E-state index contributed by atoms with van der Waals surface area (Å²) < 4.78 is 0.817. The van der Waals surface area contributed by atoms with Gasteiger partial charge in [-0.25, -0.2) is 4.98 Å². The number of fused-ring (bicyclic) bond motifs is 1. The fourth-order valence-electron chi connectivity index (χ4n) is 1.95. The zero-order valence-corrected chi connectivity index (χ0v) is 11.1. The SMILES string of the molecule is Cc1ccccc1C(=O)c1nc2ccc(O)cc2s1. The van der Waals surface area contributed by atoms with E-state index in [1.807, 2.05) is 25.1 Å². The Balaban J connectivity index is 2.09. The maximum absolute atomic E-state index is 12.4. The van der Waals surface area contributed by atoms with Crippen molar-refractivity contribution in [1.82, 2.24) is 4.98 Å². The highest BCUT2D eigenvalue weighted by Gasteiger charge is 2.16. The minimum Gasteiger partial charge on any atom is -0.508 e. The average Bonchev–Trinajstić information content (AvgIpc) is 2.81. The Labute approximate surface area is 114 Å². The van der Waals surface area contributed by atoms with E-state index in [0.717, 1.165) is 15.8 Å². The Kier molecular flexibility index (Phi) is 2.80. The van der Waals surface area contributed by atoms with Crippen molar-refractivity contribution >= 4 is 27.3 Å². The first-order valence-electron chi connectivity index (χ1n) is 5.85. The van der Waals surface area contributed by atoms with E-state index in [4.69, 9.17) is 0 Å². The number of hydrogen-bond donors (Lipinski definition) is 1. The molecule has 0 saturated heterocycles. The molecular formula is C15H11NO2S. The second-order valence-corrected chi connectivity index (χ2v) is 5.35. The molecule has 0 aliphatic rings. The number of carbonyl (C=O) groups is 1. The summed E-state index contributed by atoms with van der Waals surface area (Å²) in [7, 11) is 0. The first-order valence-corrected chi connectivity index (χ1v) is 6.67. The number of carbonyl (C=O) groups excluding carboxylic acids is 1. The summed E-state index contributed by atoms with van der Waals surface area (Å²) in [6.07, 6.45) is 0. The van der Waals surface area contributed by atoms with E-state index in [9.17, 15) is 9.90 Å². The molecule has 0 aliphatic carbocycles. The zero-order valence-electron chi connectivity index (χ0n) is 10.3. The topological polar surface area (TPSA) is 50.2 Å². The normalized spacial score (nSPS) is 10.8. The first kappa shape index (κ1) is 11.9. The molecule has 2 aromatic carbocycles. The summed E-state index contributed by atoms with van der Waals surface area (Å²) in [5, 5.41) is 9.89. The van der Waals surface area contributed by atoms with Gasteiger partial charge in [0.05, 0.1) is 10.2 Å². The van der Waals surface area contributed by atoms with E-state index in [2.05, 4.69) is 4.98 Å². The van der Waals surface area contributed by atoms with Gasteiger partial charge in [-0.15, -0.1) is 11.3 Å². The molecule has 0 spiro atoms. The van der Waals surface area contributed by atoms with Crippen LogP contribution in [-0.2, 0) is 0 Å². The van der Waals surface area contributed by atoms with Crippen LogP contribution < -0.4 is 0 Å². The lowest BCUT2D eigenvalue weighted by Crippen LogP contribution is -2.02. The van der Waals surface area contributed by atoms with Crippen LogP contribution in [-0.4, -0.2) is 15.9 Å². The Hall–Kier alpha value is -2.20. The predicted molar refractivity (Wildman–Crippen MR) is 75.9 cm³/mol. The molecule has 3 aromatic rings. The molecule has 0 aliphatic heterocycles. The smallest absolute Gasteiger partial charge is 0.221 e. The van der Waals surface area contributed by atoms with Crippen LogP contribution in [0.3, 0.4) is 0 Å². The molecule has 1 aromatic heterocycles. The molecule has 0 unspecified atom stereocenters. The molecule has 0 fully saturated rings. The molecule has 19 heavy (non-hydrogen) atoms. The standard InChI is InChI=1S/C15H11NO2S/c1-9-4-2-3-5-11(9)14(18)15-16-12-7-6-10(17)8-13(12)19-15/h2-8,17H,1H3. The summed E-state index contributed by atoms with van der Waals surface area (Å²) in [6, 6.07) is 12.4. The van der Waals surface area contributed by atoms with Crippen molar-refractivity contribution in [2.75, 3.05) is 0 Å². The minimum atomic E-state index is -0.0706. The molecule has 0 radical (unpaired) electrons. The van der Waals surface area contributed by atoms with Crippen molar-refractivity contribution in [1.29, 1.82) is 0 Å². The summed E-state index contributed by atoms with van der Waals surface area (Å²) in [4.78, 5) is 16.7. The maximum Gasteiger partial charge on any atom is 0.221 e. The number of benzene rings is 2. The number of rotatable bonds is 2. The number of aromatic hydroxyl groups is 1. The summed E-state index contributed by atoms with van der Waals surface area (Å²) in [5.41, 5.74) is 2.35. The van der Waals surface area contributed by atoms with Crippen molar-refractivity contribution in [3.05, 3.63) is 58.6 Å². The van der Waals surface area contributed by atoms with Gasteiger partial charge in [-0.05, 0) is 30.7 Å². The third kappa shape index (κ3) is 2.11. The molecule has 0 saturated carbocycles. The highest BCUT2D eigenvalue weighted by Crippen LogP contribution is 2.27. The van der Waals surface area contributed by atoms with Crippen molar-refractivity contribution in [2.45, 2.75) is 6.92 Å². The van der Waals surface area contributed by atoms with E-state index >= 15 is 0 Å². The Morgan fingerprint density at radius 1 is 1.21 bits per heavy atom. The van der Waals surface area contributed by atoms with Crippen LogP contribution in [0.1, 0.15) is 20.9 Å². The first-order chi connectivity index (χ1) is 9.15. The molecule has 3 rings (SSSR count). The number of nitrogens with zero attached hydrogens (tertiary/aromatic N) is 1. The molecule has 94 valence electrons. The second kappa shape index (κ2) is 4.48. The molecule has 1 heterocycles. The fraction of sp³-hybridized carbons (Fsp3) is 0.0667. The lowest BCUT2D eigenvalue weighted by Gasteiger charge is -2.00. The highest BCUT2D eigenvalue weighted by molar-refractivity contribution is 7.20.